The van der Waals surface area contributed by atoms with Gasteiger partial charge in [0.2, 0.25) is 5.91 Å². The largest absolute Gasteiger partial charge is 0.493 e. The summed E-state index contributed by atoms with van der Waals surface area (Å²) in [7, 11) is 0. The Morgan fingerprint density at radius 3 is 2.92 bits per heavy atom. The van der Waals surface area contributed by atoms with E-state index in [0.717, 1.165) is 24.3 Å². The summed E-state index contributed by atoms with van der Waals surface area (Å²) >= 11 is 0. The maximum atomic E-state index is 14.0. The molecule has 1 amide bonds. The topological polar surface area (TPSA) is 42.0 Å². The smallest absolute Gasteiger partial charge is 0.240 e. The number of hydrogen-bond acceptors (Lipinski definition) is 4. The number of alkyl halides is 1. The van der Waals surface area contributed by atoms with E-state index in [2.05, 4.69) is 6.07 Å². The molecule has 1 aromatic rings. The molecule has 24 heavy (non-hydrogen) atoms. The van der Waals surface area contributed by atoms with Crippen molar-refractivity contribution in [2.75, 3.05) is 39.5 Å². The average Bonchev–Trinajstić information content (AvgIpc) is 3.21. The van der Waals surface area contributed by atoms with Gasteiger partial charge in [0.25, 0.3) is 0 Å². The summed E-state index contributed by atoms with van der Waals surface area (Å²) in [6.45, 7) is 4.02. The zero-order valence-electron chi connectivity index (χ0n) is 13.7. The molecule has 0 bridgehead atoms. The van der Waals surface area contributed by atoms with Crippen LogP contribution in [0.3, 0.4) is 0 Å². The van der Waals surface area contributed by atoms with Gasteiger partial charge in [-0.15, -0.1) is 0 Å². The number of benzene rings is 1. The average molecular weight is 334 g/mol. The minimum atomic E-state index is -0.933. The Bertz CT molecular complexity index is 618. The Labute approximate surface area is 141 Å². The van der Waals surface area contributed by atoms with Crippen molar-refractivity contribution in [1.82, 2.24) is 9.80 Å². The highest BCUT2D eigenvalue weighted by atomic mass is 19.1. The molecule has 0 aromatic heterocycles. The van der Waals surface area contributed by atoms with E-state index >= 15 is 0 Å². The van der Waals surface area contributed by atoms with Gasteiger partial charge in [0.15, 0.2) is 0 Å². The third kappa shape index (κ3) is 3.13. The van der Waals surface area contributed by atoms with Gasteiger partial charge in [-0.25, -0.2) is 4.39 Å². The second-order valence-electron chi connectivity index (χ2n) is 6.76. The highest BCUT2D eigenvalue weighted by molar-refractivity contribution is 5.82. The molecule has 2 saturated heterocycles. The molecule has 3 heterocycles. The van der Waals surface area contributed by atoms with Gasteiger partial charge >= 0.3 is 0 Å². The fourth-order valence-electron chi connectivity index (χ4n) is 3.85. The molecule has 2 fully saturated rings. The Morgan fingerprint density at radius 1 is 1.25 bits per heavy atom. The van der Waals surface area contributed by atoms with Crippen molar-refractivity contribution in [1.29, 1.82) is 0 Å². The summed E-state index contributed by atoms with van der Waals surface area (Å²) in [6, 6.07) is 5.78. The van der Waals surface area contributed by atoms with Crippen molar-refractivity contribution < 1.29 is 18.7 Å². The molecule has 3 aliphatic heterocycles. The van der Waals surface area contributed by atoms with E-state index in [-0.39, 0.29) is 11.9 Å². The van der Waals surface area contributed by atoms with Gasteiger partial charge in [0.05, 0.1) is 25.9 Å². The van der Waals surface area contributed by atoms with Crippen LogP contribution in [0.5, 0.6) is 5.75 Å². The number of rotatable bonds is 3. The second-order valence-corrected chi connectivity index (χ2v) is 6.76. The minimum absolute atomic E-state index is 0.0444. The molecule has 1 aromatic carbocycles. The number of fused-ring (bicyclic) bond motifs is 1. The van der Waals surface area contributed by atoms with E-state index in [1.165, 1.54) is 5.56 Å². The van der Waals surface area contributed by atoms with Gasteiger partial charge in [0, 0.05) is 39.0 Å². The lowest BCUT2D eigenvalue weighted by Crippen LogP contribution is -2.49. The fourth-order valence-corrected chi connectivity index (χ4v) is 3.85. The van der Waals surface area contributed by atoms with E-state index in [1.54, 1.807) is 0 Å². The lowest BCUT2D eigenvalue weighted by atomic mass is 10.1. The summed E-state index contributed by atoms with van der Waals surface area (Å²) in [5.41, 5.74) is 2.33. The number of morpholine rings is 1. The summed E-state index contributed by atoms with van der Waals surface area (Å²) < 4.78 is 24.9. The molecule has 2 atom stereocenters. The van der Waals surface area contributed by atoms with Crippen LogP contribution in [-0.2, 0) is 22.5 Å². The van der Waals surface area contributed by atoms with Crippen LogP contribution >= 0.6 is 0 Å². The maximum Gasteiger partial charge on any atom is 0.240 e. The maximum absolute atomic E-state index is 14.0. The second kappa shape index (κ2) is 6.69. The third-order valence-corrected chi connectivity index (χ3v) is 5.10. The zero-order valence-corrected chi connectivity index (χ0v) is 13.7. The van der Waals surface area contributed by atoms with Crippen LogP contribution in [0.1, 0.15) is 17.5 Å². The molecular formula is C18H23FN2O3. The molecule has 0 spiro atoms. The number of ether oxygens (including phenoxy) is 2. The van der Waals surface area contributed by atoms with Crippen LogP contribution in [0.4, 0.5) is 4.39 Å². The Morgan fingerprint density at radius 2 is 2.08 bits per heavy atom. The van der Waals surface area contributed by atoms with E-state index in [4.69, 9.17) is 9.47 Å². The molecule has 5 nitrogen and oxygen atoms in total. The van der Waals surface area contributed by atoms with Gasteiger partial charge in [-0.2, -0.15) is 0 Å². The predicted molar refractivity (Wildman–Crippen MR) is 86.8 cm³/mol. The van der Waals surface area contributed by atoms with Gasteiger partial charge in [-0.05, 0) is 17.2 Å². The monoisotopic (exact) mass is 334 g/mol. The molecule has 0 unspecified atom stereocenters. The van der Waals surface area contributed by atoms with Crippen molar-refractivity contribution in [2.24, 2.45) is 0 Å². The number of hydrogen-bond donors (Lipinski definition) is 0. The van der Waals surface area contributed by atoms with Crippen LogP contribution < -0.4 is 4.74 Å². The molecule has 4 rings (SSSR count). The van der Waals surface area contributed by atoms with E-state index in [1.807, 2.05) is 21.9 Å². The molecule has 0 radical (unpaired) electrons. The highest BCUT2D eigenvalue weighted by Gasteiger charge is 2.39. The molecule has 0 N–H and O–H groups in total. The Kier molecular flexibility index (Phi) is 4.41. The van der Waals surface area contributed by atoms with Crippen LogP contribution in [0.25, 0.3) is 0 Å². The number of nitrogens with zero attached hydrogens (tertiary/aromatic N) is 2. The number of carbonyl (C=O) groups excluding carboxylic acids is 1. The predicted octanol–water partition coefficient (Wildman–Crippen LogP) is 1.39. The quantitative estimate of drug-likeness (QED) is 0.838. The van der Waals surface area contributed by atoms with Crippen molar-refractivity contribution in [3.63, 3.8) is 0 Å². The standard InChI is InChI=1S/C18H23FN2O3/c19-15-10-16(18(22)20-4-7-23-8-5-20)21(12-15)11-13-1-2-17-14(9-13)3-6-24-17/h1-2,9,15-16H,3-8,10-12H2/t15-,16+/m1/s1. The highest BCUT2D eigenvalue weighted by Crippen LogP contribution is 2.29. The molecule has 6 heteroatoms. The molecular weight excluding hydrogens is 311 g/mol. The summed E-state index contributed by atoms with van der Waals surface area (Å²) in [5, 5.41) is 0. The lowest BCUT2D eigenvalue weighted by molar-refractivity contribution is -0.140. The van der Waals surface area contributed by atoms with Crippen LogP contribution in [0.15, 0.2) is 18.2 Å². The van der Waals surface area contributed by atoms with Gasteiger partial charge in [0.1, 0.15) is 11.9 Å². The number of amides is 1. The minimum Gasteiger partial charge on any atom is -0.493 e. The fraction of sp³-hybridized carbons (Fsp3) is 0.611. The molecule has 0 aliphatic carbocycles. The third-order valence-electron chi connectivity index (χ3n) is 5.10. The first-order chi connectivity index (χ1) is 11.7. The van der Waals surface area contributed by atoms with Crippen molar-refractivity contribution in [2.45, 2.75) is 31.6 Å². The van der Waals surface area contributed by atoms with Crippen LogP contribution in [0.2, 0.25) is 0 Å². The number of halogens is 1. The first-order valence-electron chi connectivity index (χ1n) is 8.70. The summed E-state index contributed by atoms with van der Waals surface area (Å²) in [5.74, 6) is 0.993. The Balaban J connectivity index is 1.47. The van der Waals surface area contributed by atoms with Gasteiger partial charge in [-0.3, -0.25) is 9.69 Å². The van der Waals surface area contributed by atoms with E-state index in [0.29, 0.717) is 45.8 Å². The zero-order chi connectivity index (χ0) is 16.5. The molecule has 130 valence electrons. The lowest BCUT2D eigenvalue weighted by Gasteiger charge is -2.32. The summed E-state index contributed by atoms with van der Waals surface area (Å²) in [4.78, 5) is 16.6. The first-order valence-corrected chi connectivity index (χ1v) is 8.70. The van der Waals surface area contributed by atoms with Crippen molar-refractivity contribution in [3.8, 4) is 5.75 Å². The normalized spacial score (nSPS) is 27.1. The van der Waals surface area contributed by atoms with Crippen LogP contribution in [-0.4, -0.2) is 67.4 Å². The Hall–Kier alpha value is -1.66. The first kappa shape index (κ1) is 15.8. The van der Waals surface area contributed by atoms with Gasteiger partial charge < -0.3 is 14.4 Å². The number of likely N-dealkylation sites (tertiary alicyclic amines) is 1. The molecule has 3 aliphatic rings. The van der Waals surface area contributed by atoms with E-state index < -0.39 is 6.17 Å². The van der Waals surface area contributed by atoms with E-state index in [9.17, 15) is 9.18 Å². The molecule has 0 saturated carbocycles. The van der Waals surface area contributed by atoms with Crippen molar-refractivity contribution in [3.05, 3.63) is 29.3 Å². The van der Waals surface area contributed by atoms with Crippen molar-refractivity contribution >= 4 is 5.91 Å². The SMILES string of the molecule is O=C([C@@H]1C[C@@H](F)CN1Cc1ccc2c(c1)CCO2)N1CCOCC1. The van der Waals surface area contributed by atoms with Crippen LogP contribution in [0, 0.1) is 0 Å². The van der Waals surface area contributed by atoms with Gasteiger partial charge in [-0.1, -0.05) is 12.1 Å². The number of carbonyl (C=O) groups is 1. The summed E-state index contributed by atoms with van der Waals surface area (Å²) in [6.07, 6.45) is 0.285.